The Bertz CT molecular complexity index is 282. The van der Waals surface area contributed by atoms with Crippen LogP contribution in [0.2, 0.25) is 0 Å². The van der Waals surface area contributed by atoms with Gasteiger partial charge in [0.05, 0.1) is 11.7 Å². The van der Waals surface area contributed by atoms with Gasteiger partial charge < -0.3 is 10.2 Å². The second-order valence-electron chi connectivity index (χ2n) is 7.20. The summed E-state index contributed by atoms with van der Waals surface area (Å²) in [4.78, 5) is 0. The first-order valence-electron chi connectivity index (χ1n) is 6.61. The van der Waals surface area contributed by atoms with Crippen molar-refractivity contribution in [3.63, 3.8) is 0 Å². The lowest BCUT2D eigenvalue weighted by Gasteiger charge is -2.59. The fourth-order valence-corrected chi connectivity index (χ4v) is 4.50. The fraction of sp³-hybridized carbons (Fsp3) is 1.00. The van der Waals surface area contributed by atoms with Gasteiger partial charge in [0.15, 0.2) is 0 Å². The highest BCUT2D eigenvalue weighted by Gasteiger charge is 2.57. The van der Waals surface area contributed by atoms with Crippen LogP contribution in [0.5, 0.6) is 0 Å². The lowest BCUT2D eigenvalue weighted by atomic mass is 9.48. The molecule has 2 aliphatic rings. The molecule has 2 rings (SSSR count). The van der Waals surface area contributed by atoms with E-state index in [-0.39, 0.29) is 5.41 Å². The van der Waals surface area contributed by atoms with E-state index < -0.39 is 11.7 Å². The second-order valence-corrected chi connectivity index (χ2v) is 7.20. The Labute approximate surface area is 99.1 Å². The lowest BCUT2D eigenvalue weighted by molar-refractivity contribution is -0.203. The highest BCUT2D eigenvalue weighted by Crippen LogP contribution is 2.59. The molecule has 0 heterocycles. The molecule has 4 atom stereocenters. The monoisotopic (exact) mass is 226 g/mol. The van der Waals surface area contributed by atoms with Gasteiger partial charge in [0.1, 0.15) is 0 Å². The number of hydrogen-bond acceptors (Lipinski definition) is 2. The topological polar surface area (TPSA) is 40.5 Å². The van der Waals surface area contributed by atoms with Crippen LogP contribution < -0.4 is 0 Å². The van der Waals surface area contributed by atoms with Crippen molar-refractivity contribution in [2.45, 2.75) is 71.5 Å². The van der Waals surface area contributed by atoms with Crippen LogP contribution in [0, 0.1) is 16.7 Å². The molecule has 2 nitrogen and oxygen atoms in total. The van der Waals surface area contributed by atoms with E-state index in [9.17, 15) is 10.2 Å². The molecule has 2 heteroatoms. The van der Waals surface area contributed by atoms with Crippen LogP contribution in [-0.4, -0.2) is 21.9 Å². The smallest absolute Gasteiger partial charge is 0.0883 e. The first-order chi connectivity index (χ1) is 7.20. The first-order valence-corrected chi connectivity index (χ1v) is 6.61. The number of aliphatic hydroxyl groups is 2. The molecule has 2 fully saturated rings. The summed E-state index contributed by atoms with van der Waals surface area (Å²) >= 11 is 0. The number of fused-ring (bicyclic) bond motifs is 1. The average Bonchev–Trinajstić information content (AvgIpc) is 2.12. The van der Waals surface area contributed by atoms with Crippen molar-refractivity contribution in [3.8, 4) is 0 Å². The van der Waals surface area contributed by atoms with Gasteiger partial charge in [0.2, 0.25) is 0 Å². The summed E-state index contributed by atoms with van der Waals surface area (Å²) in [6.45, 7) is 8.61. The summed E-state index contributed by atoms with van der Waals surface area (Å²) in [5.41, 5.74) is -0.674. The molecular weight excluding hydrogens is 200 g/mol. The fourth-order valence-electron chi connectivity index (χ4n) is 4.50. The van der Waals surface area contributed by atoms with Gasteiger partial charge in [0, 0.05) is 0 Å². The maximum Gasteiger partial charge on any atom is 0.0883 e. The van der Waals surface area contributed by atoms with Gasteiger partial charge in [0.25, 0.3) is 0 Å². The van der Waals surface area contributed by atoms with Gasteiger partial charge in [-0.2, -0.15) is 0 Å². The Morgan fingerprint density at radius 2 is 1.62 bits per heavy atom. The number of hydrogen-bond donors (Lipinski definition) is 2. The van der Waals surface area contributed by atoms with Crippen LogP contribution in [0.15, 0.2) is 0 Å². The van der Waals surface area contributed by atoms with Crippen molar-refractivity contribution in [1.82, 2.24) is 0 Å². The summed E-state index contributed by atoms with van der Waals surface area (Å²) in [5.74, 6) is 0.545. The zero-order valence-corrected chi connectivity index (χ0v) is 11.1. The molecule has 0 bridgehead atoms. The van der Waals surface area contributed by atoms with E-state index in [1.165, 1.54) is 12.8 Å². The zero-order chi connectivity index (χ0) is 12.2. The van der Waals surface area contributed by atoms with Gasteiger partial charge in [-0.15, -0.1) is 0 Å². The largest absolute Gasteiger partial charge is 0.390 e. The van der Waals surface area contributed by atoms with Gasteiger partial charge in [-0.25, -0.2) is 0 Å². The first kappa shape index (κ1) is 12.4. The van der Waals surface area contributed by atoms with E-state index in [0.29, 0.717) is 11.3 Å². The molecule has 2 aliphatic carbocycles. The molecule has 2 saturated carbocycles. The maximum absolute atomic E-state index is 10.5. The van der Waals surface area contributed by atoms with E-state index >= 15 is 0 Å². The summed E-state index contributed by atoms with van der Waals surface area (Å²) in [7, 11) is 0. The molecule has 94 valence electrons. The zero-order valence-electron chi connectivity index (χ0n) is 11.1. The van der Waals surface area contributed by atoms with Crippen molar-refractivity contribution in [1.29, 1.82) is 0 Å². The van der Waals surface area contributed by atoms with E-state index in [2.05, 4.69) is 20.8 Å². The Balaban J connectivity index is 2.34. The molecule has 0 amide bonds. The van der Waals surface area contributed by atoms with Gasteiger partial charge in [-0.1, -0.05) is 27.2 Å². The Morgan fingerprint density at radius 3 is 2.25 bits per heavy atom. The third kappa shape index (κ3) is 1.62. The number of aliphatic hydroxyl groups excluding tert-OH is 1. The summed E-state index contributed by atoms with van der Waals surface area (Å²) in [6.07, 6.45) is 4.69. The van der Waals surface area contributed by atoms with Crippen LogP contribution in [0.1, 0.15) is 59.8 Å². The van der Waals surface area contributed by atoms with Crippen molar-refractivity contribution in [3.05, 3.63) is 0 Å². The number of rotatable bonds is 0. The van der Waals surface area contributed by atoms with Crippen LogP contribution in [0.3, 0.4) is 0 Å². The highest BCUT2D eigenvalue weighted by molar-refractivity contribution is 5.07. The van der Waals surface area contributed by atoms with E-state index in [1.54, 1.807) is 6.92 Å². The molecule has 2 N–H and O–H groups in total. The van der Waals surface area contributed by atoms with E-state index in [0.717, 1.165) is 19.3 Å². The van der Waals surface area contributed by atoms with Gasteiger partial charge in [-0.05, 0) is 49.4 Å². The van der Waals surface area contributed by atoms with E-state index in [4.69, 9.17) is 0 Å². The van der Waals surface area contributed by atoms with Crippen LogP contribution in [0.25, 0.3) is 0 Å². The minimum atomic E-state index is -0.890. The van der Waals surface area contributed by atoms with Crippen LogP contribution >= 0.6 is 0 Å². The van der Waals surface area contributed by atoms with Gasteiger partial charge in [-0.3, -0.25) is 0 Å². The Hall–Kier alpha value is -0.0800. The molecule has 0 radical (unpaired) electrons. The quantitative estimate of drug-likeness (QED) is 0.667. The predicted molar refractivity (Wildman–Crippen MR) is 65.1 cm³/mol. The van der Waals surface area contributed by atoms with Crippen LogP contribution in [-0.2, 0) is 0 Å². The molecule has 0 aliphatic heterocycles. The minimum Gasteiger partial charge on any atom is -0.390 e. The summed E-state index contributed by atoms with van der Waals surface area (Å²) in [6, 6.07) is 0. The third-order valence-corrected chi connectivity index (χ3v) is 5.43. The van der Waals surface area contributed by atoms with Crippen molar-refractivity contribution < 1.29 is 10.2 Å². The highest BCUT2D eigenvalue weighted by atomic mass is 16.3. The predicted octanol–water partition coefficient (Wildman–Crippen LogP) is 2.72. The maximum atomic E-state index is 10.5. The lowest BCUT2D eigenvalue weighted by Crippen LogP contribution is -2.60. The van der Waals surface area contributed by atoms with Crippen LogP contribution in [0.4, 0.5) is 0 Å². The molecular formula is C14H26O2. The normalized spacial score (nSPS) is 52.1. The standard InChI is InChI=1S/C14H26O2/c1-12(2)7-5-8-13(3)10(12)6-9-14(4,16)11(13)15/h10-11,15-16H,5-9H2,1-4H3/t10?,11-,13+,14-/m1/s1. The average molecular weight is 226 g/mol. The Kier molecular flexibility index (Phi) is 2.67. The minimum absolute atomic E-state index is 0.0938. The summed E-state index contributed by atoms with van der Waals surface area (Å²) < 4.78 is 0. The molecule has 0 aromatic carbocycles. The Morgan fingerprint density at radius 1 is 1.00 bits per heavy atom. The van der Waals surface area contributed by atoms with Crippen molar-refractivity contribution in [2.75, 3.05) is 0 Å². The third-order valence-electron chi connectivity index (χ3n) is 5.43. The second kappa shape index (κ2) is 3.46. The molecule has 0 aromatic heterocycles. The van der Waals surface area contributed by atoms with Crippen molar-refractivity contribution >= 4 is 0 Å². The molecule has 0 aromatic rings. The van der Waals surface area contributed by atoms with E-state index in [1.807, 2.05) is 0 Å². The molecule has 0 spiro atoms. The van der Waals surface area contributed by atoms with Crippen molar-refractivity contribution in [2.24, 2.45) is 16.7 Å². The molecule has 0 saturated heterocycles. The SMILES string of the molecule is CC1(C)CCC[C@@]2(C)C1CC[C@@](C)(O)[C@@H]2O. The van der Waals surface area contributed by atoms with Gasteiger partial charge >= 0.3 is 0 Å². The molecule has 1 unspecified atom stereocenters. The summed E-state index contributed by atoms with van der Waals surface area (Å²) in [5, 5.41) is 20.7. The molecule has 16 heavy (non-hydrogen) atoms.